The fourth-order valence-electron chi connectivity index (χ4n) is 2.76. The molecule has 0 aliphatic heterocycles. The van der Waals surface area contributed by atoms with Gasteiger partial charge in [0.2, 0.25) is 0 Å². The molecule has 0 unspecified atom stereocenters. The topological polar surface area (TPSA) is 0 Å². The van der Waals surface area contributed by atoms with Crippen LogP contribution in [0.4, 0.5) is 0 Å². The second-order valence-corrected chi connectivity index (χ2v) is 6.63. The minimum atomic E-state index is 0.642. The van der Waals surface area contributed by atoms with Crippen molar-refractivity contribution in [3.8, 4) is 0 Å². The highest BCUT2D eigenvalue weighted by Crippen LogP contribution is 2.15. The molecule has 2 rings (SSSR count). The molecule has 0 saturated carbocycles. The highest BCUT2D eigenvalue weighted by molar-refractivity contribution is 5.15. The lowest BCUT2D eigenvalue weighted by Crippen LogP contribution is -2.49. The maximum atomic E-state index is 2.37. The van der Waals surface area contributed by atoms with Crippen molar-refractivity contribution in [1.29, 1.82) is 0 Å². The number of nitrogens with zero attached hydrogens (tertiary/aromatic N) is 1. The van der Waals surface area contributed by atoms with Gasteiger partial charge in [0.05, 0.1) is 26.7 Å². The molecule has 21 heavy (non-hydrogen) atoms. The summed E-state index contributed by atoms with van der Waals surface area (Å²) in [5, 5.41) is 0. The van der Waals surface area contributed by atoms with E-state index in [4.69, 9.17) is 0 Å². The van der Waals surface area contributed by atoms with Gasteiger partial charge < -0.3 is 4.48 Å². The lowest BCUT2D eigenvalue weighted by atomic mass is 10.0. The molecule has 0 bridgehead atoms. The van der Waals surface area contributed by atoms with Crippen molar-refractivity contribution in [1.82, 2.24) is 0 Å². The van der Waals surface area contributed by atoms with Gasteiger partial charge in [-0.15, -0.1) is 0 Å². The van der Waals surface area contributed by atoms with E-state index in [1.807, 2.05) is 0 Å². The first-order valence-corrected chi connectivity index (χ1v) is 7.98. The van der Waals surface area contributed by atoms with Gasteiger partial charge in [-0.05, 0) is 24.5 Å². The molecule has 0 fully saturated rings. The molecule has 1 atom stereocenters. The Hall–Kier alpha value is -1.60. The number of benzene rings is 2. The van der Waals surface area contributed by atoms with E-state index in [0.717, 1.165) is 10.9 Å². The predicted molar refractivity (Wildman–Crippen MR) is 91.3 cm³/mol. The van der Waals surface area contributed by atoms with Gasteiger partial charge >= 0.3 is 0 Å². The molecule has 0 aliphatic rings. The molecule has 0 N–H and O–H groups in total. The largest absolute Gasteiger partial charge is 0.326 e. The van der Waals surface area contributed by atoms with Crippen LogP contribution in [0.1, 0.15) is 24.5 Å². The first kappa shape index (κ1) is 15.8. The Kier molecular flexibility index (Phi) is 5.58. The van der Waals surface area contributed by atoms with Crippen molar-refractivity contribution in [2.45, 2.75) is 32.2 Å². The van der Waals surface area contributed by atoms with Crippen molar-refractivity contribution in [3.05, 3.63) is 71.8 Å². The first-order valence-electron chi connectivity index (χ1n) is 7.98. The standard InChI is InChI=1S/C20H28N/c1-18(17-20-13-8-5-9-14-20)21(2,3)16-10-15-19-11-6-4-7-12-19/h4-9,11-14,18H,10,15-17H2,1-3H3/q+1/t18-/m1/s1. The van der Waals surface area contributed by atoms with Crippen LogP contribution in [0.3, 0.4) is 0 Å². The molecular weight excluding hydrogens is 254 g/mol. The minimum absolute atomic E-state index is 0.642. The van der Waals surface area contributed by atoms with Crippen molar-refractivity contribution >= 4 is 0 Å². The zero-order chi connectivity index (χ0) is 15.1. The monoisotopic (exact) mass is 282 g/mol. The van der Waals surface area contributed by atoms with Gasteiger partial charge in [-0.25, -0.2) is 0 Å². The summed E-state index contributed by atoms with van der Waals surface area (Å²) in [6.07, 6.45) is 3.58. The Labute approximate surface area is 129 Å². The molecule has 112 valence electrons. The van der Waals surface area contributed by atoms with Gasteiger partial charge in [-0.2, -0.15) is 0 Å². The normalized spacial score (nSPS) is 13.1. The maximum Gasteiger partial charge on any atom is 0.0898 e. The average molecular weight is 282 g/mol. The molecule has 1 nitrogen and oxygen atoms in total. The summed E-state index contributed by atoms with van der Waals surface area (Å²) in [5.41, 5.74) is 2.90. The number of rotatable bonds is 7. The van der Waals surface area contributed by atoms with Gasteiger partial charge in [0.15, 0.2) is 0 Å². The van der Waals surface area contributed by atoms with Gasteiger partial charge in [0.25, 0.3) is 0 Å². The summed E-state index contributed by atoms with van der Waals surface area (Å²) in [6, 6.07) is 22.3. The van der Waals surface area contributed by atoms with Crippen LogP contribution in [0.5, 0.6) is 0 Å². The van der Waals surface area contributed by atoms with Crippen LogP contribution in [0.2, 0.25) is 0 Å². The van der Waals surface area contributed by atoms with Crippen LogP contribution in [0.15, 0.2) is 60.7 Å². The molecule has 0 amide bonds. The van der Waals surface area contributed by atoms with E-state index in [1.54, 1.807) is 0 Å². The lowest BCUT2D eigenvalue weighted by Gasteiger charge is -2.36. The Balaban J connectivity index is 1.83. The van der Waals surface area contributed by atoms with E-state index in [9.17, 15) is 0 Å². The summed E-state index contributed by atoms with van der Waals surface area (Å²) < 4.78 is 1.09. The molecule has 1 heteroatoms. The second kappa shape index (κ2) is 7.42. The third kappa shape index (κ3) is 5.02. The molecule has 0 aromatic heterocycles. The van der Waals surface area contributed by atoms with E-state index in [0.29, 0.717) is 6.04 Å². The van der Waals surface area contributed by atoms with E-state index in [-0.39, 0.29) is 0 Å². The van der Waals surface area contributed by atoms with Crippen LogP contribution < -0.4 is 0 Å². The maximum absolute atomic E-state index is 2.37. The minimum Gasteiger partial charge on any atom is -0.326 e. The molecular formula is C20H28N+. The smallest absolute Gasteiger partial charge is 0.0898 e. The highest BCUT2D eigenvalue weighted by atomic mass is 15.3. The van der Waals surface area contributed by atoms with E-state index in [1.165, 1.54) is 30.5 Å². The zero-order valence-corrected chi connectivity index (χ0v) is 13.6. The van der Waals surface area contributed by atoms with E-state index in [2.05, 4.69) is 81.7 Å². The second-order valence-electron chi connectivity index (χ2n) is 6.63. The number of hydrogen-bond donors (Lipinski definition) is 0. The van der Waals surface area contributed by atoms with Crippen LogP contribution in [0, 0.1) is 0 Å². The molecule has 0 radical (unpaired) electrons. The number of likely N-dealkylation sites (N-methyl/N-ethyl adjacent to an activating group) is 1. The summed E-state index contributed by atoms with van der Waals surface area (Å²) in [7, 11) is 4.72. The third-order valence-corrected chi connectivity index (χ3v) is 4.61. The van der Waals surface area contributed by atoms with Gasteiger partial charge in [0, 0.05) is 12.8 Å². The molecule has 0 heterocycles. The number of hydrogen-bond acceptors (Lipinski definition) is 0. The van der Waals surface area contributed by atoms with E-state index < -0.39 is 0 Å². The summed E-state index contributed by atoms with van der Waals surface area (Å²) in [6.45, 7) is 3.60. The number of aryl methyl sites for hydroxylation is 1. The molecule has 2 aromatic carbocycles. The van der Waals surface area contributed by atoms with Crippen LogP contribution >= 0.6 is 0 Å². The van der Waals surface area contributed by atoms with Crippen LogP contribution in [-0.4, -0.2) is 31.2 Å². The zero-order valence-electron chi connectivity index (χ0n) is 13.6. The van der Waals surface area contributed by atoms with Crippen LogP contribution in [0.25, 0.3) is 0 Å². The van der Waals surface area contributed by atoms with E-state index >= 15 is 0 Å². The fraction of sp³-hybridized carbons (Fsp3) is 0.400. The predicted octanol–water partition coefficient (Wildman–Crippen LogP) is 4.33. The molecule has 0 spiro atoms. The Morgan fingerprint density at radius 3 is 1.90 bits per heavy atom. The third-order valence-electron chi connectivity index (χ3n) is 4.61. The van der Waals surface area contributed by atoms with Crippen molar-refractivity contribution in [3.63, 3.8) is 0 Å². The van der Waals surface area contributed by atoms with Crippen molar-refractivity contribution in [2.24, 2.45) is 0 Å². The van der Waals surface area contributed by atoms with Gasteiger partial charge in [-0.1, -0.05) is 60.7 Å². The van der Waals surface area contributed by atoms with Crippen LogP contribution in [-0.2, 0) is 12.8 Å². The van der Waals surface area contributed by atoms with Gasteiger partial charge in [-0.3, -0.25) is 0 Å². The Bertz CT molecular complexity index is 516. The van der Waals surface area contributed by atoms with Gasteiger partial charge in [0.1, 0.15) is 0 Å². The average Bonchev–Trinajstić information content (AvgIpc) is 2.49. The molecule has 0 saturated heterocycles. The Morgan fingerprint density at radius 1 is 0.810 bits per heavy atom. The molecule has 0 aliphatic carbocycles. The Morgan fingerprint density at radius 2 is 1.33 bits per heavy atom. The summed E-state index contributed by atoms with van der Waals surface area (Å²) in [5.74, 6) is 0. The SMILES string of the molecule is C[C@H](Cc1ccccc1)[N+](C)(C)CCCc1ccccc1. The summed E-state index contributed by atoms with van der Waals surface area (Å²) in [4.78, 5) is 0. The number of quaternary nitrogens is 1. The summed E-state index contributed by atoms with van der Waals surface area (Å²) >= 11 is 0. The lowest BCUT2D eigenvalue weighted by molar-refractivity contribution is -0.913. The highest BCUT2D eigenvalue weighted by Gasteiger charge is 2.23. The fourth-order valence-corrected chi connectivity index (χ4v) is 2.76. The van der Waals surface area contributed by atoms with Crippen molar-refractivity contribution in [2.75, 3.05) is 20.6 Å². The van der Waals surface area contributed by atoms with Crippen molar-refractivity contribution < 1.29 is 4.48 Å². The first-order chi connectivity index (χ1) is 10.1. The molecule has 2 aromatic rings. The quantitative estimate of drug-likeness (QED) is 0.663.